The SMILES string of the molecule is CC(Cl)CNC(=O)c1ccc(F)cc1F. The highest BCUT2D eigenvalue weighted by Crippen LogP contribution is 2.09. The van der Waals surface area contributed by atoms with Crippen LogP contribution in [0.4, 0.5) is 8.78 Å². The summed E-state index contributed by atoms with van der Waals surface area (Å²) in [7, 11) is 0. The van der Waals surface area contributed by atoms with E-state index in [1.54, 1.807) is 6.92 Å². The molecule has 0 aliphatic carbocycles. The zero-order valence-corrected chi connectivity index (χ0v) is 8.81. The lowest BCUT2D eigenvalue weighted by Crippen LogP contribution is -2.29. The van der Waals surface area contributed by atoms with Gasteiger partial charge >= 0.3 is 0 Å². The minimum atomic E-state index is -0.880. The van der Waals surface area contributed by atoms with Crippen molar-refractivity contribution in [2.45, 2.75) is 12.3 Å². The van der Waals surface area contributed by atoms with E-state index in [1.165, 1.54) is 0 Å². The standard InChI is InChI=1S/C10H10ClF2NO/c1-6(11)5-14-10(15)8-3-2-7(12)4-9(8)13/h2-4,6H,5H2,1H3,(H,14,15). The normalized spacial score (nSPS) is 12.3. The summed E-state index contributed by atoms with van der Waals surface area (Å²) < 4.78 is 25.6. The molecule has 0 bridgehead atoms. The number of halogens is 3. The third-order valence-electron chi connectivity index (χ3n) is 1.72. The summed E-state index contributed by atoms with van der Waals surface area (Å²) in [5, 5.41) is 2.19. The van der Waals surface area contributed by atoms with E-state index in [-0.39, 0.29) is 17.5 Å². The highest BCUT2D eigenvalue weighted by molar-refractivity contribution is 6.20. The Morgan fingerprint density at radius 2 is 2.20 bits per heavy atom. The zero-order chi connectivity index (χ0) is 11.4. The van der Waals surface area contributed by atoms with Crippen LogP contribution in [-0.2, 0) is 0 Å². The van der Waals surface area contributed by atoms with E-state index in [0.29, 0.717) is 6.07 Å². The molecule has 0 spiro atoms. The molecule has 15 heavy (non-hydrogen) atoms. The number of benzene rings is 1. The van der Waals surface area contributed by atoms with Crippen LogP contribution in [0.2, 0.25) is 0 Å². The summed E-state index contributed by atoms with van der Waals surface area (Å²) in [5.41, 5.74) is -0.186. The van der Waals surface area contributed by atoms with E-state index in [9.17, 15) is 13.6 Å². The number of hydrogen-bond acceptors (Lipinski definition) is 1. The molecule has 0 fully saturated rings. The van der Waals surface area contributed by atoms with Gasteiger partial charge in [-0.1, -0.05) is 0 Å². The van der Waals surface area contributed by atoms with Crippen molar-refractivity contribution in [3.63, 3.8) is 0 Å². The number of carbonyl (C=O) groups is 1. The number of nitrogens with one attached hydrogen (secondary N) is 1. The number of rotatable bonds is 3. The Morgan fingerprint density at radius 3 is 2.73 bits per heavy atom. The predicted molar refractivity (Wildman–Crippen MR) is 54.0 cm³/mol. The van der Waals surface area contributed by atoms with Crippen molar-refractivity contribution in [3.05, 3.63) is 35.4 Å². The van der Waals surface area contributed by atoms with Crippen LogP contribution in [0.1, 0.15) is 17.3 Å². The summed E-state index contributed by atoms with van der Waals surface area (Å²) in [6.45, 7) is 1.93. The Labute approximate surface area is 91.2 Å². The van der Waals surface area contributed by atoms with Crippen LogP contribution in [0.5, 0.6) is 0 Å². The third-order valence-corrected chi connectivity index (χ3v) is 1.87. The number of hydrogen-bond donors (Lipinski definition) is 1. The van der Waals surface area contributed by atoms with Gasteiger partial charge in [-0.05, 0) is 19.1 Å². The maximum Gasteiger partial charge on any atom is 0.254 e. The minimum absolute atomic E-state index is 0.186. The van der Waals surface area contributed by atoms with E-state index >= 15 is 0 Å². The fourth-order valence-corrected chi connectivity index (χ4v) is 1.08. The van der Waals surface area contributed by atoms with E-state index < -0.39 is 17.5 Å². The van der Waals surface area contributed by atoms with E-state index in [0.717, 1.165) is 12.1 Å². The van der Waals surface area contributed by atoms with Crippen molar-refractivity contribution in [2.75, 3.05) is 6.54 Å². The van der Waals surface area contributed by atoms with Gasteiger partial charge < -0.3 is 5.32 Å². The average Bonchev–Trinajstić information content (AvgIpc) is 2.14. The lowest BCUT2D eigenvalue weighted by atomic mass is 10.2. The first-order valence-corrected chi connectivity index (χ1v) is 4.81. The molecule has 0 aromatic heterocycles. The molecule has 1 aromatic rings. The highest BCUT2D eigenvalue weighted by Gasteiger charge is 2.12. The van der Waals surface area contributed by atoms with Gasteiger partial charge in [-0.3, -0.25) is 4.79 Å². The fourth-order valence-electron chi connectivity index (χ4n) is 1.00. The predicted octanol–water partition coefficient (Wildman–Crippen LogP) is 2.32. The molecule has 0 aliphatic rings. The van der Waals surface area contributed by atoms with Crippen molar-refractivity contribution in [3.8, 4) is 0 Å². The van der Waals surface area contributed by atoms with Crippen LogP contribution >= 0.6 is 11.6 Å². The second-order valence-corrected chi connectivity index (χ2v) is 3.86. The first-order valence-electron chi connectivity index (χ1n) is 4.38. The van der Waals surface area contributed by atoms with Crippen molar-refractivity contribution in [2.24, 2.45) is 0 Å². The summed E-state index contributed by atoms with van der Waals surface area (Å²) >= 11 is 5.61. The Balaban J connectivity index is 2.74. The van der Waals surface area contributed by atoms with Crippen molar-refractivity contribution in [1.82, 2.24) is 5.32 Å². The minimum Gasteiger partial charge on any atom is -0.350 e. The van der Waals surface area contributed by atoms with Crippen molar-refractivity contribution in [1.29, 1.82) is 0 Å². The fraction of sp³-hybridized carbons (Fsp3) is 0.300. The molecule has 0 saturated carbocycles. The molecule has 1 rings (SSSR count). The van der Waals surface area contributed by atoms with Gasteiger partial charge in [0.25, 0.3) is 5.91 Å². The van der Waals surface area contributed by atoms with Crippen molar-refractivity contribution < 1.29 is 13.6 Å². The first kappa shape index (κ1) is 11.9. The van der Waals surface area contributed by atoms with Gasteiger partial charge in [0.05, 0.1) is 5.56 Å². The molecule has 5 heteroatoms. The topological polar surface area (TPSA) is 29.1 Å². The Morgan fingerprint density at radius 1 is 1.53 bits per heavy atom. The van der Waals surface area contributed by atoms with Gasteiger partial charge in [-0.15, -0.1) is 11.6 Å². The molecule has 1 unspecified atom stereocenters. The van der Waals surface area contributed by atoms with Gasteiger partial charge in [0.1, 0.15) is 11.6 Å². The average molecular weight is 234 g/mol. The van der Waals surface area contributed by atoms with Gasteiger partial charge in [0, 0.05) is 18.0 Å². The number of amides is 1. The summed E-state index contributed by atoms with van der Waals surface area (Å²) in [4.78, 5) is 11.3. The molecule has 0 aliphatic heterocycles. The molecule has 82 valence electrons. The first-order chi connectivity index (χ1) is 7.00. The van der Waals surface area contributed by atoms with Crippen LogP contribution in [0, 0.1) is 11.6 Å². The van der Waals surface area contributed by atoms with E-state index in [2.05, 4.69) is 5.32 Å². The molecule has 0 saturated heterocycles. The maximum atomic E-state index is 13.1. The van der Waals surface area contributed by atoms with Crippen LogP contribution in [-0.4, -0.2) is 17.8 Å². The smallest absolute Gasteiger partial charge is 0.254 e. The number of carbonyl (C=O) groups excluding carboxylic acids is 1. The summed E-state index contributed by atoms with van der Waals surface area (Å²) in [6.07, 6.45) is 0. The van der Waals surface area contributed by atoms with Crippen LogP contribution in [0.3, 0.4) is 0 Å². The van der Waals surface area contributed by atoms with Gasteiger partial charge in [-0.2, -0.15) is 0 Å². The lowest BCUT2D eigenvalue weighted by molar-refractivity contribution is 0.0950. The van der Waals surface area contributed by atoms with Crippen molar-refractivity contribution >= 4 is 17.5 Å². The molecule has 0 radical (unpaired) electrons. The quantitative estimate of drug-likeness (QED) is 0.798. The molecule has 1 N–H and O–H groups in total. The number of alkyl halides is 1. The largest absolute Gasteiger partial charge is 0.350 e. The van der Waals surface area contributed by atoms with E-state index in [4.69, 9.17) is 11.6 Å². The second kappa shape index (κ2) is 5.07. The molecular weight excluding hydrogens is 224 g/mol. The Kier molecular flexibility index (Phi) is 4.03. The van der Waals surface area contributed by atoms with Gasteiger partial charge in [0.15, 0.2) is 0 Å². The summed E-state index contributed by atoms with van der Waals surface area (Å²) in [5.74, 6) is -2.19. The van der Waals surface area contributed by atoms with E-state index in [1.807, 2.05) is 0 Å². The second-order valence-electron chi connectivity index (χ2n) is 3.11. The summed E-state index contributed by atoms with van der Waals surface area (Å²) in [6, 6.07) is 2.79. The monoisotopic (exact) mass is 233 g/mol. The molecule has 0 heterocycles. The molecule has 1 atom stereocenters. The maximum absolute atomic E-state index is 13.1. The van der Waals surface area contributed by atoms with Gasteiger partial charge in [0.2, 0.25) is 0 Å². The Hall–Kier alpha value is -1.16. The van der Waals surface area contributed by atoms with Crippen LogP contribution < -0.4 is 5.32 Å². The highest BCUT2D eigenvalue weighted by atomic mass is 35.5. The van der Waals surface area contributed by atoms with Gasteiger partial charge in [-0.25, -0.2) is 8.78 Å². The van der Waals surface area contributed by atoms with Crippen LogP contribution in [0.25, 0.3) is 0 Å². The Bertz CT molecular complexity index is 368. The zero-order valence-electron chi connectivity index (χ0n) is 8.06. The third kappa shape index (κ3) is 3.47. The van der Waals surface area contributed by atoms with Crippen LogP contribution in [0.15, 0.2) is 18.2 Å². The lowest BCUT2D eigenvalue weighted by Gasteiger charge is -2.06. The molecule has 2 nitrogen and oxygen atoms in total. The molecule has 1 amide bonds. The molecular formula is C10H10ClF2NO. The molecule has 1 aromatic carbocycles.